The Balaban J connectivity index is 1.98. The van der Waals surface area contributed by atoms with Crippen LogP contribution in [-0.4, -0.2) is 41.5 Å². The van der Waals surface area contributed by atoms with Crippen LogP contribution in [0.3, 0.4) is 0 Å². The number of halogens is 4. The van der Waals surface area contributed by atoms with Crippen LogP contribution in [0.4, 0.5) is 28.0 Å². The van der Waals surface area contributed by atoms with Gasteiger partial charge in [0.15, 0.2) is 5.75 Å². The SMILES string of the molecule is CNC(C)(C)[C@@H]1CCN(c2c(F)cc3c(=O)c(OC(=O)O)cn(C4CC4)c3c2C(F)(F)F)C1. The number of pyridine rings is 1. The zero-order valence-corrected chi connectivity index (χ0v) is 18.4. The third kappa shape index (κ3) is 4.14. The number of hydrogen-bond donors (Lipinski definition) is 2. The van der Waals surface area contributed by atoms with E-state index < -0.39 is 51.5 Å². The first-order valence-corrected chi connectivity index (χ1v) is 10.7. The second-order valence-corrected chi connectivity index (χ2v) is 9.21. The van der Waals surface area contributed by atoms with Crippen molar-refractivity contribution in [2.75, 3.05) is 25.0 Å². The highest BCUT2D eigenvalue weighted by Crippen LogP contribution is 2.47. The maximum Gasteiger partial charge on any atom is 0.511 e. The van der Waals surface area contributed by atoms with Crippen molar-refractivity contribution in [1.82, 2.24) is 9.88 Å². The molecule has 2 heterocycles. The second-order valence-electron chi connectivity index (χ2n) is 9.21. The molecule has 2 N–H and O–H groups in total. The third-order valence-electron chi connectivity index (χ3n) is 6.80. The van der Waals surface area contributed by atoms with Crippen LogP contribution in [0, 0.1) is 11.7 Å². The Morgan fingerprint density at radius 3 is 2.45 bits per heavy atom. The van der Waals surface area contributed by atoms with Gasteiger partial charge >= 0.3 is 12.3 Å². The van der Waals surface area contributed by atoms with Gasteiger partial charge in [0.05, 0.1) is 22.8 Å². The average molecular weight is 471 g/mol. The van der Waals surface area contributed by atoms with Crippen molar-refractivity contribution < 1.29 is 32.2 Å². The minimum Gasteiger partial charge on any atom is -0.449 e. The Bertz CT molecular complexity index is 1170. The standard InChI is InChI=1S/C22H25F4N3O4/c1-21(2,27-3)11-6-7-28(9-11)18-14(23)8-13-17(16(18)22(24,25)26)29(12-4-5-12)10-15(19(13)30)33-20(31)32/h8,10-12,27H,4-7,9H2,1-3H3,(H,31,32)/t11-/m1/s1. The first kappa shape index (κ1) is 23.3. The largest absolute Gasteiger partial charge is 0.511 e. The summed E-state index contributed by atoms with van der Waals surface area (Å²) in [5.74, 6) is -1.85. The molecule has 2 aromatic rings. The Morgan fingerprint density at radius 2 is 1.91 bits per heavy atom. The quantitative estimate of drug-likeness (QED) is 0.498. The van der Waals surface area contributed by atoms with E-state index in [-0.39, 0.29) is 30.6 Å². The van der Waals surface area contributed by atoms with Crippen LogP contribution in [0.1, 0.15) is 44.7 Å². The number of alkyl halides is 3. The summed E-state index contributed by atoms with van der Waals surface area (Å²) in [4.78, 5) is 25.2. The maximum absolute atomic E-state index is 15.3. The van der Waals surface area contributed by atoms with Crippen molar-refractivity contribution >= 4 is 22.7 Å². The van der Waals surface area contributed by atoms with Gasteiger partial charge in [-0.15, -0.1) is 0 Å². The number of ether oxygens (including phenoxy) is 1. The number of hydrogen-bond acceptors (Lipinski definition) is 5. The Labute approximate surface area is 186 Å². The lowest BCUT2D eigenvalue weighted by Crippen LogP contribution is -2.45. The molecule has 0 spiro atoms. The number of nitrogens with one attached hydrogen (secondary N) is 1. The summed E-state index contributed by atoms with van der Waals surface area (Å²) in [6.07, 6.45) is -4.07. The van der Waals surface area contributed by atoms with Gasteiger partial charge in [0, 0.05) is 24.7 Å². The monoisotopic (exact) mass is 471 g/mol. The van der Waals surface area contributed by atoms with E-state index in [1.54, 1.807) is 7.05 Å². The fourth-order valence-electron chi connectivity index (χ4n) is 4.59. The summed E-state index contributed by atoms with van der Waals surface area (Å²) >= 11 is 0. The average Bonchev–Trinajstić information content (AvgIpc) is 3.44. The first-order valence-electron chi connectivity index (χ1n) is 10.7. The van der Waals surface area contributed by atoms with Crippen LogP contribution in [0.2, 0.25) is 0 Å². The van der Waals surface area contributed by atoms with E-state index in [0.717, 1.165) is 12.3 Å². The highest BCUT2D eigenvalue weighted by Gasteiger charge is 2.44. The number of carbonyl (C=O) groups is 1. The molecule has 1 aliphatic carbocycles. The minimum absolute atomic E-state index is 0.0179. The fraction of sp³-hybridized carbons (Fsp3) is 0.545. The summed E-state index contributed by atoms with van der Waals surface area (Å²) in [5, 5.41) is 11.5. The number of rotatable bonds is 5. The molecule has 1 aliphatic heterocycles. The third-order valence-corrected chi connectivity index (χ3v) is 6.80. The van der Waals surface area contributed by atoms with Crippen molar-refractivity contribution in [3.8, 4) is 5.75 Å². The zero-order chi connectivity index (χ0) is 24.3. The number of anilines is 1. The number of carboxylic acid groups (broad SMARTS) is 1. The smallest absolute Gasteiger partial charge is 0.449 e. The number of aromatic nitrogens is 1. The molecule has 2 fully saturated rings. The molecule has 0 unspecified atom stereocenters. The minimum atomic E-state index is -4.95. The van der Waals surface area contributed by atoms with Gasteiger partial charge in [-0.05, 0) is 52.1 Å². The van der Waals surface area contributed by atoms with Gasteiger partial charge in [0.1, 0.15) is 11.4 Å². The molecule has 1 atom stereocenters. The topological polar surface area (TPSA) is 83.8 Å². The Morgan fingerprint density at radius 1 is 1.24 bits per heavy atom. The highest BCUT2D eigenvalue weighted by atomic mass is 19.4. The summed E-state index contributed by atoms with van der Waals surface area (Å²) in [7, 11) is 1.77. The molecular formula is C22H25F4N3O4. The van der Waals surface area contributed by atoms with Crippen molar-refractivity contribution in [2.24, 2.45) is 5.92 Å². The number of benzene rings is 1. The van der Waals surface area contributed by atoms with Gasteiger partial charge in [-0.2, -0.15) is 13.2 Å². The lowest BCUT2D eigenvalue weighted by Gasteiger charge is -2.32. The van der Waals surface area contributed by atoms with Gasteiger partial charge in [-0.3, -0.25) is 4.79 Å². The lowest BCUT2D eigenvalue weighted by molar-refractivity contribution is -0.136. The van der Waals surface area contributed by atoms with Gasteiger partial charge in [0.25, 0.3) is 0 Å². The van der Waals surface area contributed by atoms with E-state index in [2.05, 4.69) is 10.1 Å². The van der Waals surface area contributed by atoms with Crippen LogP contribution in [0.25, 0.3) is 10.9 Å². The van der Waals surface area contributed by atoms with Crippen molar-refractivity contribution in [3.63, 3.8) is 0 Å². The van der Waals surface area contributed by atoms with E-state index >= 15 is 4.39 Å². The van der Waals surface area contributed by atoms with Gasteiger partial charge in [-0.25, -0.2) is 9.18 Å². The molecule has 2 aliphatic rings. The zero-order valence-electron chi connectivity index (χ0n) is 18.4. The van der Waals surface area contributed by atoms with E-state index in [4.69, 9.17) is 5.11 Å². The van der Waals surface area contributed by atoms with Crippen molar-refractivity contribution in [2.45, 2.75) is 50.9 Å². The fourth-order valence-corrected chi connectivity index (χ4v) is 4.59. The molecule has 0 amide bonds. The lowest BCUT2D eigenvalue weighted by atomic mass is 9.87. The van der Waals surface area contributed by atoms with E-state index in [1.165, 1.54) is 9.47 Å². The molecule has 4 rings (SSSR count). The summed E-state index contributed by atoms with van der Waals surface area (Å²) in [5.41, 5.74) is -3.70. The molecule has 1 saturated carbocycles. The predicted octanol–water partition coefficient (Wildman–Crippen LogP) is 4.38. The Hall–Kier alpha value is -2.82. The van der Waals surface area contributed by atoms with Gasteiger partial charge < -0.3 is 24.6 Å². The molecule has 0 bridgehead atoms. The number of fused-ring (bicyclic) bond motifs is 1. The van der Waals surface area contributed by atoms with E-state index in [9.17, 15) is 22.8 Å². The molecular weight excluding hydrogens is 446 g/mol. The van der Waals surface area contributed by atoms with Crippen LogP contribution in [-0.2, 0) is 6.18 Å². The maximum atomic E-state index is 15.3. The molecule has 11 heteroatoms. The van der Waals surface area contributed by atoms with Crippen LogP contribution >= 0.6 is 0 Å². The molecule has 180 valence electrons. The van der Waals surface area contributed by atoms with Crippen molar-refractivity contribution in [3.05, 3.63) is 33.9 Å². The van der Waals surface area contributed by atoms with E-state index in [0.29, 0.717) is 19.3 Å². The van der Waals surface area contributed by atoms with Crippen molar-refractivity contribution in [1.29, 1.82) is 0 Å². The van der Waals surface area contributed by atoms with Gasteiger partial charge in [0.2, 0.25) is 5.43 Å². The molecule has 0 radical (unpaired) electrons. The summed E-state index contributed by atoms with van der Waals surface area (Å²) in [6.45, 7) is 4.33. The molecule has 1 aromatic carbocycles. The summed E-state index contributed by atoms with van der Waals surface area (Å²) < 4.78 is 64.4. The highest BCUT2D eigenvalue weighted by molar-refractivity contribution is 5.90. The van der Waals surface area contributed by atoms with E-state index in [1.807, 2.05) is 13.8 Å². The van der Waals surface area contributed by atoms with Crippen LogP contribution < -0.4 is 20.4 Å². The molecule has 1 aromatic heterocycles. The molecule has 33 heavy (non-hydrogen) atoms. The second kappa shape index (κ2) is 7.89. The molecule has 1 saturated heterocycles. The first-order chi connectivity index (χ1) is 15.3. The number of nitrogens with zero attached hydrogens (tertiary/aromatic N) is 2. The van der Waals surface area contributed by atoms with Crippen LogP contribution in [0.15, 0.2) is 17.1 Å². The normalized spacial score (nSPS) is 19.4. The predicted molar refractivity (Wildman–Crippen MR) is 114 cm³/mol. The van der Waals surface area contributed by atoms with Crippen LogP contribution in [0.5, 0.6) is 5.75 Å². The molecule has 7 nitrogen and oxygen atoms in total. The Kier molecular flexibility index (Phi) is 5.58. The summed E-state index contributed by atoms with van der Waals surface area (Å²) in [6, 6.07) is 0.407. The van der Waals surface area contributed by atoms with Gasteiger partial charge in [-0.1, -0.05) is 0 Å².